The molecule has 27 heavy (non-hydrogen) atoms. The van der Waals surface area contributed by atoms with Gasteiger partial charge in [-0.25, -0.2) is 4.98 Å². The first-order valence-corrected chi connectivity index (χ1v) is 9.57. The molecule has 0 radical (unpaired) electrons. The molecule has 0 N–H and O–H groups in total. The maximum Gasteiger partial charge on any atom is 0.274 e. The summed E-state index contributed by atoms with van der Waals surface area (Å²) in [5.41, 5.74) is 0.287. The highest BCUT2D eigenvalue weighted by atomic mass is 16.5. The Morgan fingerprint density at radius 3 is 2.63 bits per heavy atom. The summed E-state index contributed by atoms with van der Waals surface area (Å²) in [5, 5.41) is 0. The van der Waals surface area contributed by atoms with E-state index < -0.39 is 0 Å². The van der Waals surface area contributed by atoms with Gasteiger partial charge < -0.3 is 19.3 Å². The zero-order chi connectivity index (χ0) is 19.6. The van der Waals surface area contributed by atoms with Gasteiger partial charge in [0.05, 0.1) is 18.4 Å². The molecule has 2 atom stereocenters. The highest BCUT2D eigenvalue weighted by molar-refractivity contribution is 5.92. The summed E-state index contributed by atoms with van der Waals surface area (Å²) in [6.07, 6.45) is 5.51. The van der Waals surface area contributed by atoms with Crippen LogP contribution in [0.3, 0.4) is 0 Å². The fourth-order valence-corrected chi connectivity index (χ4v) is 3.16. The molecule has 1 aromatic heterocycles. The van der Waals surface area contributed by atoms with E-state index in [-0.39, 0.29) is 36.1 Å². The molecule has 1 saturated heterocycles. The molecule has 0 bridgehead atoms. The van der Waals surface area contributed by atoms with Crippen molar-refractivity contribution in [2.24, 2.45) is 0 Å². The quantitative estimate of drug-likeness (QED) is 0.604. The summed E-state index contributed by atoms with van der Waals surface area (Å²) in [5.74, 6) is -0.171. The first-order chi connectivity index (χ1) is 13.0. The Bertz CT molecular complexity index is 589. The molecule has 2 amide bonds. The summed E-state index contributed by atoms with van der Waals surface area (Å²) in [6, 6.07) is 0. The molecule has 0 aromatic carbocycles. The molecule has 2 unspecified atom stereocenters. The van der Waals surface area contributed by atoms with Crippen molar-refractivity contribution < 1.29 is 19.1 Å². The van der Waals surface area contributed by atoms with E-state index in [2.05, 4.69) is 9.97 Å². The number of amides is 2. The molecule has 1 aromatic rings. The number of carbonyl (C=O) groups is 2. The molecule has 1 aliphatic rings. The van der Waals surface area contributed by atoms with E-state index in [9.17, 15) is 9.59 Å². The maximum atomic E-state index is 12.7. The Kier molecular flexibility index (Phi) is 8.60. The van der Waals surface area contributed by atoms with Crippen LogP contribution in [0, 0.1) is 0 Å². The van der Waals surface area contributed by atoms with E-state index in [4.69, 9.17) is 9.47 Å². The van der Waals surface area contributed by atoms with Crippen LogP contribution in [-0.2, 0) is 14.3 Å². The minimum absolute atomic E-state index is 0.0289. The van der Waals surface area contributed by atoms with Crippen LogP contribution in [0.1, 0.15) is 44.1 Å². The number of hydrogen-bond donors (Lipinski definition) is 0. The molecular formula is C19H30N4O4. The number of morpholine rings is 1. The summed E-state index contributed by atoms with van der Waals surface area (Å²) in [4.78, 5) is 36.9. The third-order valence-electron chi connectivity index (χ3n) is 4.36. The van der Waals surface area contributed by atoms with Crippen molar-refractivity contribution >= 4 is 11.8 Å². The van der Waals surface area contributed by atoms with Crippen LogP contribution >= 0.6 is 0 Å². The van der Waals surface area contributed by atoms with Gasteiger partial charge in [-0.1, -0.05) is 0 Å². The third-order valence-corrected chi connectivity index (χ3v) is 4.36. The molecular weight excluding hydrogens is 348 g/mol. The number of aromatic nitrogens is 2. The lowest BCUT2D eigenvalue weighted by Gasteiger charge is -2.35. The van der Waals surface area contributed by atoms with E-state index in [0.717, 1.165) is 0 Å². The van der Waals surface area contributed by atoms with Crippen LogP contribution in [-0.4, -0.2) is 83.2 Å². The fraction of sp³-hybridized carbons (Fsp3) is 0.684. The first-order valence-electron chi connectivity index (χ1n) is 9.57. The standard InChI is InChI=1S/C19H30N4O4/c1-4-26-11-5-9-22(19(25)17-12-20-7-8-21-17)10-6-18(24)23-13-15(2)27-16(3)14-23/h7-8,12,15-16H,4-6,9-11,13-14H2,1-3H3. The van der Waals surface area contributed by atoms with E-state index in [0.29, 0.717) is 45.8 Å². The van der Waals surface area contributed by atoms with Crippen molar-refractivity contribution in [1.29, 1.82) is 0 Å². The van der Waals surface area contributed by atoms with Gasteiger partial charge in [0, 0.05) is 58.2 Å². The maximum absolute atomic E-state index is 12.7. The van der Waals surface area contributed by atoms with Crippen LogP contribution in [0.25, 0.3) is 0 Å². The average molecular weight is 378 g/mol. The third kappa shape index (κ3) is 6.88. The van der Waals surface area contributed by atoms with Gasteiger partial charge in [-0.2, -0.15) is 0 Å². The number of carbonyl (C=O) groups excluding carboxylic acids is 2. The lowest BCUT2D eigenvalue weighted by Crippen LogP contribution is -2.49. The van der Waals surface area contributed by atoms with E-state index in [1.807, 2.05) is 25.7 Å². The Morgan fingerprint density at radius 2 is 2.00 bits per heavy atom. The van der Waals surface area contributed by atoms with Crippen molar-refractivity contribution in [1.82, 2.24) is 19.8 Å². The zero-order valence-electron chi connectivity index (χ0n) is 16.5. The average Bonchev–Trinajstić information content (AvgIpc) is 2.66. The monoisotopic (exact) mass is 378 g/mol. The van der Waals surface area contributed by atoms with Crippen molar-refractivity contribution in [3.63, 3.8) is 0 Å². The highest BCUT2D eigenvalue weighted by Gasteiger charge is 2.26. The molecule has 1 fully saturated rings. The molecule has 2 heterocycles. The summed E-state index contributed by atoms with van der Waals surface area (Å²) in [6.45, 7) is 9.13. The Balaban J connectivity index is 1.94. The number of ether oxygens (including phenoxy) is 2. The lowest BCUT2D eigenvalue weighted by molar-refractivity contribution is -0.143. The van der Waals surface area contributed by atoms with Gasteiger partial charge in [0.2, 0.25) is 5.91 Å². The van der Waals surface area contributed by atoms with Gasteiger partial charge in [0.15, 0.2) is 0 Å². The largest absolute Gasteiger partial charge is 0.382 e. The first kappa shape index (κ1) is 21.2. The normalized spacial score (nSPS) is 19.7. The van der Waals surface area contributed by atoms with E-state index in [1.165, 1.54) is 18.6 Å². The SMILES string of the molecule is CCOCCCN(CCC(=O)N1CC(C)OC(C)C1)C(=O)c1cnccn1. The van der Waals surface area contributed by atoms with Gasteiger partial charge in [-0.05, 0) is 27.2 Å². The molecule has 2 rings (SSSR count). The Morgan fingerprint density at radius 1 is 1.26 bits per heavy atom. The van der Waals surface area contributed by atoms with Crippen molar-refractivity contribution in [2.45, 2.75) is 45.8 Å². The van der Waals surface area contributed by atoms with Crippen LogP contribution in [0.5, 0.6) is 0 Å². The minimum Gasteiger partial charge on any atom is -0.382 e. The molecule has 8 heteroatoms. The van der Waals surface area contributed by atoms with Crippen LogP contribution in [0.4, 0.5) is 0 Å². The second-order valence-electron chi connectivity index (χ2n) is 6.74. The fourth-order valence-electron chi connectivity index (χ4n) is 3.16. The van der Waals surface area contributed by atoms with Crippen LogP contribution in [0.2, 0.25) is 0 Å². The van der Waals surface area contributed by atoms with E-state index in [1.54, 1.807) is 4.90 Å². The highest BCUT2D eigenvalue weighted by Crippen LogP contribution is 2.12. The summed E-state index contributed by atoms with van der Waals surface area (Å²) >= 11 is 0. The predicted molar refractivity (Wildman–Crippen MR) is 100 cm³/mol. The number of nitrogens with zero attached hydrogens (tertiary/aromatic N) is 4. The van der Waals surface area contributed by atoms with Gasteiger partial charge in [0.1, 0.15) is 5.69 Å². The van der Waals surface area contributed by atoms with Crippen LogP contribution < -0.4 is 0 Å². The van der Waals surface area contributed by atoms with Crippen molar-refractivity contribution in [3.8, 4) is 0 Å². The van der Waals surface area contributed by atoms with Gasteiger partial charge in [-0.15, -0.1) is 0 Å². The molecule has 1 aliphatic heterocycles. The molecule has 0 spiro atoms. The number of rotatable bonds is 9. The molecule has 150 valence electrons. The molecule has 8 nitrogen and oxygen atoms in total. The zero-order valence-corrected chi connectivity index (χ0v) is 16.5. The predicted octanol–water partition coefficient (Wildman–Crippen LogP) is 1.37. The molecule has 0 aliphatic carbocycles. The van der Waals surface area contributed by atoms with Crippen molar-refractivity contribution in [3.05, 3.63) is 24.3 Å². The van der Waals surface area contributed by atoms with Crippen LogP contribution in [0.15, 0.2) is 18.6 Å². The Labute approximate surface area is 160 Å². The smallest absolute Gasteiger partial charge is 0.274 e. The number of hydrogen-bond acceptors (Lipinski definition) is 6. The topological polar surface area (TPSA) is 84.9 Å². The summed E-state index contributed by atoms with van der Waals surface area (Å²) in [7, 11) is 0. The lowest BCUT2D eigenvalue weighted by atomic mass is 10.2. The summed E-state index contributed by atoms with van der Waals surface area (Å²) < 4.78 is 11.0. The second-order valence-corrected chi connectivity index (χ2v) is 6.74. The van der Waals surface area contributed by atoms with Gasteiger partial charge >= 0.3 is 0 Å². The second kappa shape index (κ2) is 10.9. The minimum atomic E-state index is -0.212. The van der Waals surface area contributed by atoms with Crippen molar-refractivity contribution in [2.75, 3.05) is 39.4 Å². The van der Waals surface area contributed by atoms with Gasteiger partial charge in [0.25, 0.3) is 5.91 Å². The Hall–Kier alpha value is -2.06. The van der Waals surface area contributed by atoms with Gasteiger partial charge in [-0.3, -0.25) is 14.6 Å². The molecule has 0 saturated carbocycles. The van der Waals surface area contributed by atoms with E-state index >= 15 is 0 Å².